The van der Waals surface area contributed by atoms with Crippen LogP contribution in [0.15, 0.2) is 40.5 Å². The largest absolute Gasteiger partial charge is 0.496 e. The first-order valence-corrected chi connectivity index (χ1v) is 9.90. The first kappa shape index (κ1) is 20.3. The van der Waals surface area contributed by atoms with Gasteiger partial charge in [0.05, 0.1) is 13.7 Å². The summed E-state index contributed by atoms with van der Waals surface area (Å²) in [5, 5.41) is 0. The third-order valence-corrected chi connectivity index (χ3v) is 5.48. The fraction of sp³-hybridized carbons (Fsp3) is 0.522. The number of para-hydroxylation sites is 1. The molecule has 0 N–H and O–H groups in total. The van der Waals surface area contributed by atoms with Crippen LogP contribution in [0.4, 0.5) is 0 Å². The van der Waals surface area contributed by atoms with Crippen molar-refractivity contribution in [3.05, 3.63) is 41.1 Å². The van der Waals surface area contributed by atoms with Gasteiger partial charge in [-0.2, -0.15) is 0 Å². The Morgan fingerprint density at radius 2 is 1.96 bits per heavy atom. The topological polar surface area (TPSA) is 65.0 Å². The molecular formula is C23H29NO4. The van der Waals surface area contributed by atoms with Gasteiger partial charge < -0.3 is 9.47 Å². The van der Waals surface area contributed by atoms with E-state index in [1.54, 1.807) is 7.11 Å². The molecule has 28 heavy (non-hydrogen) atoms. The van der Waals surface area contributed by atoms with E-state index >= 15 is 0 Å². The van der Waals surface area contributed by atoms with Crippen molar-refractivity contribution in [2.75, 3.05) is 13.7 Å². The average Bonchev–Trinajstić information content (AvgIpc) is 2.63. The lowest BCUT2D eigenvalue weighted by atomic mass is 9.66. The number of hydrogen-bond acceptors (Lipinski definition) is 5. The SMILES string of the molecule is CCCOC(=O)C1C(C)=NC2=C(C(=O)CC(C)(C)C2)[C@H]1c1ccccc1OC. The van der Waals surface area contributed by atoms with Crippen LogP contribution in [-0.4, -0.2) is 31.2 Å². The van der Waals surface area contributed by atoms with Crippen molar-refractivity contribution < 1.29 is 19.1 Å². The average molecular weight is 383 g/mol. The van der Waals surface area contributed by atoms with Crippen molar-refractivity contribution >= 4 is 17.5 Å². The summed E-state index contributed by atoms with van der Waals surface area (Å²) in [5.74, 6) is -0.654. The molecule has 0 radical (unpaired) electrons. The molecule has 0 bridgehead atoms. The summed E-state index contributed by atoms with van der Waals surface area (Å²) in [4.78, 5) is 30.9. The van der Waals surface area contributed by atoms with Crippen LogP contribution in [0.25, 0.3) is 0 Å². The van der Waals surface area contributed by atoms with Crippen molar-refractivity contribution in [2.45, 2.75) is 52.9 Å². The summed E-state index contributed by atoms with van der Waals surface area (Å²) in [6, 6.07) is 7.59. The second-order valence-electron chi connectivity index (χ2n) is 8.42. The van der Waals surface area contributed by atoms with E-state index in [0.29, 0.717) is 36.5 Å². The second kappa shape index (κ2) is 7.90. The molecule has 1 aliphatic carbocycles. The molecule has 0 fully saturated rings. The number of esters is 1. The van der Waals surface area contributed by atoms with Gasteiger partial charge >= 0.3 is 5.97 Å². The predicted octanol–water partition coefficient (Wildman–Crippen LogP) is 4.47. The van der Waals surface area contributed by atoms with Gasteiger partial charge in [-0.05, 0) is 31.2 Å². The highest BCUT2D eigenvalue weighted by Gasteiger charge is 2.46. The number of aliphatic imine (C=N–C) groups is 1. The molecule has 1 heterocycles. The zero-order valence-corrected chi connectivity index (χ0v) is 17.4. The highest BCUT2D eigenvalue weighted by molar-refractivity contribution is 6.09. The molecule has 150 valence electrons. The van der Waals surface area contributed by atoms with Gasteiger partial charge in [0.15, 0.2) is 5.78 Å². The number of rotatable bonds is 5. The maximum absolute atomic E-state index is 13.2. The van der Waals surface area contributed by atoms with Crippen LogP contribution in [0.2, 0.25) is 0 Å². The van der Waals surface area contributed by atoms with E-state index in [1.165, 1.54) is 0 Å². The number of allylic oxidation sites excluding steroid dienone is 2. The summed E-state index contributed by atoms with van der Waals surface area (Å²) in [6.45, 7) is 8.34. The number of ketones is 1. The van der Waals surface area contributed by atoms with E-state index in [2.05, 4.69) is 13.8 Å². The number of nitrogens with zero attached hydrogens (tertiary/aromatic N) is 1. The smallest absolute Gasteiger partial charge is 0.315 e. The number of hydrogen-bond donors (Lipinski definition) is 0. The van der Waals surface area contributed by atoms with Gasteiger partial charge in [-0.15, -0.1) is 0 Å². The molecule has 5 heteroatoms. The number of benzene rings is 1. The number of carbonyl (C=O) groups is 2. The Kier molecular flexibility index (Phi) is 5.73. The molecule has 0 saturated carbocycles. The molecule has 5 nitrogen and oxygen atoms in total. The van der Waals surface area contributed by atoms with E-state index in [9.17, 15) is 9.59 Å². The van der Waals surface area contributed by atoms with E-state index in [-0.39, 0.29) is 17.2 Å². The predicted molar refractivity (Wildman–Crippen MR) is 109 cm³/mol. The Bertz CT molecular complexity index is 850. The first-order valence-electron chi connectivity index (χ1n) is 9.90. The van der Waals surface area contributed by atoms with Gasteiger partial charge in [0, 0.05) is 34.9 Å². The lowest BCUT2D eigenvalue weighted by Gasteiger charge is -2.39. The lowest BCUT2D eigenvalue weighted by Crippen LogP contribution is -2.39. The quantitative estimate of drug-likeness (QED) is 0.704. The summed E-state index contributed by atoms with van der Waals surface area (Å²) in [6.07, 6.45) is 1.91. The summed E-state index contributed by atoms with van der Waals surface area (Å²) >= 11 is 0. The highest BCUT2D eigenvalue weighted by Crippen LogP contribution is 2.49. The Morgan fingerprint density at radius 1 is 1.25 bits per heavy atom. The Hall–Kier alpha value is -2.43. The van der Waals surface area contributed by atoms with Crippen LogP contribution >= 0.6 is 0 Å². The maximum Gasteiger partial charge on any atom is 0.315 e. The molecule has 1 unspecified atom stereocenters. The zero-order chi connectivity index (χ0) is 20.5. The molecule has 1 aromatic rings. The van der Waals surface area contributed by atoms with E-state index in [1.807, 2.05) is 38.1 Å². The standard InChI is InChI=1S/C23H29NO4/c1-6-11-28-22(26)19-14(2)24-16-12-23(3,4)13-17(25)21(16)20(19)15-9-7-8-10-18(15)27-5/h7-10,19-20H,6,11-13H2,1-5H3/t19?,20-/m0/s1. The van der Waals surface area contributed by atoms with Crippen molar-refractivity contribution in [3.63, 3.8) is 0 Å². The Labute approximate surface area is 166 Å². The lowest BCUT2D eigenvalue weighted by molar-refractivity contribution is -0.146. The monoisotopic (exact) mass is 383 g/mol. The fourth-order valence-corrected chi connectivity index (χ4v) is 4.30. The minimum Gasteiger partial charge on any atom is -0.496 e. The van der Waals surface area contributed by atoms with Gasteiger partial charge in [0.25, 0.3) is 0 Å². The third-order valence-electron chi connectivity index (χ3n) is 5.48. The number of methoxy groups -OCH3 is 1. The second-order valence-corrected chi connectivity index (χ2v) is 8.42. The zero-order valence-electron chi connectivity index (χ0n) is 17.4. The summed E-state index contributed by atoms with van der Waals surface area (Å²) < 4.78 is 11.1. The normalized spacial score (nSPS) is 23.8. The molecule has 2 atom stereocenters. The summed E-state index contributed by atoms with van der Waals surface area (Å²) in [7, 11) is 1.61. The molecule has 0 amide bonds. The molecule has 1 aliphatic heterocycles. The van der Waals surface area contributed by atoms with E-state index in [0.717, 1.165) is 17.7 Å². The fourth-order valence-electron chi connectivity index (χ4n) is 4.30. The van der Waals surface area contributed by atoms with Crippen molar-refractivity contribution in [2.24, 2.45) is 16.3 Å². The highest BCUT2D eigenvalue weighted by atomic mass is 16.5. The van der Waals surface area contributed by atoms with Gasteiger partial charge in [-0.25, -0.2) is 0 Å². The van der Waals surface area contributed by atoms with Gasteiger partial charge in [0.2, 0.25) is 0 Å². The van der Waals surface area contributed by atoms with Gasteiger partial charge in [0.1, 0.15) is 11.7 Å². The van der Waals surface area contributed by atoms with Crippen LogP contribution in [0.1, 0.15) is 58.4 Å². The molecule has 2 aliphatic rings. The van der Waals surface area contributed by atoms with Crippen LogP contribution in [0.3, 0.4) is 0 Å². The third kappa shape index (κ3) is 3.75. The molecule has 0 aromatic heterocycles. The molecule has 0 saturated heterocycles. The van der Waals surface area contributed by atoms with E-state index in [4.69, 9.17) is 14.5 Å². The molecule has 3 rings (SSSR count). The van der Waals surface area contributed by atoms with Crippen molar-refractivity contribution in [1.29, 1.82) is 0 Å². The first-order chi connectivity index (χ1) is 13.3. The molecule has 1 aromatic carbocycles. The van der Waals surface area contributed by atoms with Gasteiger partial charge in [-0.1, -0.05) is 39.0 Å². The number of Topliss-reactive ketones (excluding diaryl/α,β-unsaturated/α-hetero) is 1. The van der Waals surface area contributed by atoms with Crippen LogP contribution < -0.4 is 4.74 Å². The molecular weight excluding hydrogens is 354 g/mol. The van der Waals surface area contributed by atoms with Crippen LogP contribution in [0.5, 0.6) is 5.75 Å². The minimum absolute atomic E-state index is 0.0618. The Morgan fingerprint density at radius 3 is 2.64 bits per heavy atom. The molecule has 0 spiro atoms. The van der Waals surface area contributed by atoms with Gasteiger partial charge in [-0.3, -0.25) is 14.6 Å². The van der Waals surface area contributed by atoms with Crippen LogP contribution in [-0.2, 0) is 14.3 Å². The van der Waals surface area contributed by atoms with Crippen LogP contribution in [0, 0.1) is 11.3 Å². The van der Waals surface area contributed by atoms with Crippen molar-refractivity contribution in [1.82, 2.24) is 0 Å². The minimum atomic E-state index is -0.619. The number of carbonyl (C=O) groups excluding carboxylic acids is 2. The maximum atomic E-state index is 13.2. The Balaban J connectivity index is 2.17. The van der Waals surface area contributed by atoms with Crippen molar-refractivity contribution in [3.8, 4) is 5.75 Å². The van der Waals surface area contributed by atoms with E-state index < -0.39 is 11.8 Å². The number of ether oxygens (including phenoxy) is 2. The summed E-state index contributed by atoms with van der Waals surface area (Å²) in [5.41, 5.74) is 2.84.